The molecule has 0 spiro atoms. The van der Waals surface area contributed by atoms with Crippen LogP contribution in [0.4, 0.5) is 8.78 Å². The van der Waals surface area contributed by atoms with Crippen molar-refractivity contribution in [3.05, 3.63) is 29.8 Å². The third kappa shape index (κ3) is 7.75. The average molecular weight is 435 g/mol. The summed E-state index contributed by atoms with van der Waals surface area (Å²) in [5.41, 5.74) is 1.41. The van der Waals surface area contributed by atoms with Gasteiger partial charge in [-0.3, -0.25) is 0 Å². The molecule has 176 valence electrons. The van der Waals surface area contributed by atoms with Crippen molar-refractivity contribution in [1.29, 1.82) is 0 Å². The first-order valence-corrected chi connectivity index (χ1v) is 13.0. The molecule has 3 heteroatoms. The van der Waals surface area contributed by atoms with Gasteiger partial charge in [0.25, 0.3) is 5.92 Å². The third-order valence-corrected chi connectivity index (χ3v) is 8.16. The summed E-state index contributed by atoms with van der Waals surface area (Å²) in [4.78, 5) is 0. The molecular weight excluding hydrogens is 390 g/mol. The van der Waals surface area contributed by atoms with Crippen LogP contribution in [0.3, 0.4) is 0 Å². The van der Waals surface area contributed by atoms with E-state index in [1.807, 2.05) is 6.92 Å². The van der Waals surface area contributed by atoms with Gasteiger partial charge >= 0.3 is 0 Å². The highest BCUT2D eigenvalue weighted by Gasteiger charge is 2.43. The maximum atomic E-state index is 14.3. The standard InChI is InChI=1S/C28H44F2O/c1-3-6-26-18-15-25(21-28(26,29)30)8-5-4-7-22-9-11-23(12-10-22)13-14-24-16-19-27(31-2)20-17-24/h16-17,19-20,22-23,25-26H,3-15,18,21H2,1-2H3. The largest absolute Gasteiger partial charge is 0.497 e. The van der Waals surface area contributed by atoms with Crippen molar-refractivity contribution in [2.75, 3.05) is 7.11 Å². The summed E-state index contributed by atoms with van der Waals surface area (Å²) in [6.07, 6.45) is 16.2. The summed E-state index contributed by atoms with van der Waals surface area (Å²) in [5, 5.41) is 0. The number of rotatable bonds is 11. The Morgan fingerprint density at radius 2 is 1.39 bits per heavy atom. The molecule has 0 bridgehead atoms. The molecule has 1 nitrogen and oxygen atoms in total. The van der Waals surface area contributed by atoms with Crippen molar-refractivity contribution < 1.29 is 13.5 Å². The molecule has 1 aromatic carbocycles. The fourth-order valence-electron chi connectivity index (χ4n) is 6.09. The third-order valence-electron chi connectivity index (χ3n) is 8.16. The smallest absolute Gasteiger partial charge is 0.251 e. The van der Waals surface area contributed by atoms with E-state index in [1.165, 1.54) is 56.9 Å². The van der Waals surface area contributed by atoms with Crippen molar-refractivity contribution in [2.45, 2.75) is 109 Å². The molecule has 0 N–H and O–H groups in total. The second-order valence-electron chi connectivity index (χ2n) is 10.5. The van der Waals surface area contributed by atoms with Gasteiger partial charge < -0.3 is 4.74 Å². The average Bonchev–Trinajstić information content (AvgIpc) is 2.78. The van der Waals surface area contributed by atoms with Crippen molar-refractivity contribution in [3.8, 4) is 5.75 Å². The molecule has 0 radical (unpaired) electrons. The molecule has 2 aliphatic rings. The number of halogens is 2. The molecular formula is C28H44F2O. The minimum Gasteiger partial charge on any atom is -0.497 e. The molecule has 3 rings (SSSR count). The van der Waals surface area contributed by atoms with Gasteiger partial charge in [-0.05, 0) is 67.6 Å². The van der Waals surface area contributed by atoms with E-state index >= 15 is 0 Å². The Balaban J connectivity index is 1.25. The molecule has 2 aliphatic carbocycles. The molecule has 2 atom stereocenters. The first-order valence-electron chi connectivity index (χ1n) is 13.0. The van der Waals surface area contributed by atoms with Crippen molar-refractivity contribution in [1.82, 2.24) is 0 Å². The van der Waals surface area contributed by atoms with Gasteiger partial charge in [0.05, 0.1) is 7.11 Å². The highest BCUT2D eigenvalue weighted by molar-refractivity contribution is 5.27. The zero-order valence-electron chi connectivity index (χ0n) is 19.9. The van der Waals surface area contributed by atoms with E-state index in [1.54, 1.807) is 7.11 Å². The Morgan fingerprint density at radius 3 is 1.97 bits per heavy atom. The lowest BCUT2D eigenvalue weighted by molar-refractivity contribution is -0.106. The van der Waals surface area contributed by atoms with Gasteiger partial charge in [-0.1, -0.05) is 76.8 Å². The van der Waals surface area contributed by atoms with Crippen LogP contribution in [0.25, 0.3) is 0 Å². The molecule has 0 aliphatic heterocycles. The number of hydrogen-bond donors (Lipinski definition) is 0. The number of unbranched alkanes of at least 4 members (excludes halogenated alkanes) is 1. The van der Waals surface area contributed by atoms with Gasteiger partial charge in [-0.15, -0.1) is 0 Å². The highest BCUT2D eigenvalue weighted by Crippen LogP contribution is 2.45. The van der Waals surface area contributed by atoms with Crippen LogP contribution in [0.15, 0.2) is 24.3 Å². The summed E-state index contributed by atoms with van der Waals surface area (Å²) in [5.74, 6) is 0.175. The molecule has 0 amide bonds. The van der Waals surface area contributed by atoms with Crippen molar-refractivity contribution in [2.24, 2.45) is 23.7 Å². The number of alkyl halides is 2. The Morgan fingerprint density at radius 1 is 0.806 bits per heavy atom. The van der Waals surface area contributed by atoms with Crippen LogP contribution < -0.4 is 4.74 Å². The van der Waals surface area contributed by atoms with Gasteiger partial charge in [0.1, 0.15) is 5.75 Å². The predicted molar refractivity (Wildman–Crippen MR) is 126 cm³/mol. The van der Waals surface area contributed by atoms with Crippen LogP contribution in [-0.2, 0) is 6.42 Å². The maximum Gasteiger partial charge on any atom is 0.251 e. The number of benzene rings is 1. The minimum atomic E-state index is -2.41. The van der Waals surface area contributed by atoms with E-state index in [9.17, 15) is 8.78 Å². The second kappa shape index (κ2) is 12.2. The monoisotopic (exact) mass is 434 g/mol. The van der Waals surface area contributed by atoms with E-state index in [-0.39, 0.29) is 18.3 Å². The van der Waals surface area contributed by atoms with Crippen LogP contribution >= 0.6 is 0 Å². The lowest BCUT2D eigenvalue weighted by Crippen LogP contribution is -2.35. The predicted octanol–water partition coefficient (Wildman–Crippen LogP) is 8.85. The number of aryl methyl sites for hydroxylation is 1. The fourth-order valence-corrected chi connectivity index (χ4v) is 6.09. The Bertz CT molecular complexity index is 618. The minimum absolute atomic E-state index is 0.150. The summed E-state index contributed by atoms with van der Waals surface area (Å²) in [7, 11) is 1.71. The van der Waals surface area contributed by atoms with Crippen LogP contribution in [0, 0.1) is 23.7 Å². The zero-order chi connectivity index (χ0) is 22.1. The Hall–Kier alpha value is -1.12. The quantitative estimate of drug-likeness (QED) is 0.316. The molecule has 0 heterocycles. The van der Waals surface area contributed by atoms with Gasteiger partial charge in [0.2, 0.25) is 0 Å². The van der Waals surface area contributed by atoms with Crippen molar-refractivity contribution >= 4 is 0 Å². The van der Waals surface area contributed by atoms with E-state index in [4.69, 9.17) is 4.74 Å². The summed E-state index contributed by atoms with van der Waals surface area (Å²) in [6.45, 7) is 2.02. The van der Waals surface area contributed by atoms with Gasteiger partial charge in [-0.2, -0.15) is 0 Å². The fraction of sp³-hybridized carbons (Fsp3) is 0.786. The zero-order valence-corrected chi connectivity index (χ0v) is 19.9. The van der Waals surface area contributed by atoms with Crippen LogP contribution in [-0.4, -0.2) is 13.0 Å². The molecule has 2 fully saturated rings. The highest BCUT2D eigenvalue weighted by atomic mass is 19.3. The first-order chi connectivity index (χ1) is 15.0. The summed E-state index contributed by atoms with van der Waals surface area (Å²) < 4.78 is 33.9. The normalized spacial score (nSPS) is 28.4. The van der Waals surface area contributed by atoms with E-state index in [0.29, 0.717) is 6.42 Å². The van der Waals surface area contributed by atoms with Crippen LogP contribution in [0.2, 0.25) is 0 Å². The number of methoxy groups -OCH3 is 1. The Kier molecular flexibility index (Phi) is 9.66. The SMILES string of the molecule is CCCC1CCC(CCCCC2CCC(CCc3ccc(OC)cc3)CC2)CC1(F)F. The van der Waals surface area contributed by atoms with Crippen LogP contribution in [0.1, 0.15) is 102 Å². The molecule has 0 aromatic heterocycles. The molecule has 0 saturated heterocycles. The molecule has 2 unspecified atom stereocenters. The summed E-state index contributed by atoms with van der Waals surface area (Å²) >= 11 is 0. The lowest BCUT2D eigenvalue weighted by atomic mass is 9.75. The van der Waals surface area contributed by atoms with Crippen LogP contribution in [0.5, 0.6) is 5.75 Å². The molecule has 2 saturated carbocycles. The number of hydrogen-bond acceptors (Lipinski definition) is 1. The summed E-state index contributed by atoms with van der Waals surface area (Å²) in [6, 6.07) is 8.50. The topological polar surface area (TPSA) is 9.23 Å². The lowest BCUT2D eigenvalue weighted by Gasteiger charge is -2.36. The van der Waals surface area contributed by atoms with Gasteiger partial charge in [0, 0.05) is 12.3 Å². The van der Waals surface area contributed by atoms with E-state index in [0.717, 1.165) is 49.7 Å². The molecule has 31 heavy (non-hydrogen) atoms. The first kappa shape index (κ1) is 24.5. The van der Waals surface area contributed by atoms with E-state index < -0.39 is 5.92 Å². The Labute approximate surface area is 189 Å². The van der Waals surface area contributed by atoms with E-state index in [2.05, 4.69) is 24.3 Å². The number of ether oxygens (including phenoxy) is 1. The maximum absolute atomic E-state index is 14.3. The van der Waals surface area contributed by atoms with Gasteiger partial charge in [-0.25, -0.2) is 8.78 Å². The van der Waals surface area contributed by atoms with Gasteiger partial charge in [0.15, 0.2) is 0 Å². The second-order valence-corrected chi connectivity index (χ2v) is 10.5. The van der Waals surface area contributed by atoms with Crippen molar-refractivity contribution in [3.63, 3.8) is 0 Å². The molecule has 1 aromatic rings.